The van der Waals surface area contributed by atoms with Crippen LogP contribution in [0.4, 0.5) is 0 Å². The van der Waals surface area contributed by atoms with Gasteiger partial charge in [-0.2, -0.15) is 0 Å². The van der Waals surface area contributed by atoms with Gasteiger partial charge < -0.3 is 45.2 Å². The summed E-state index contributed by atoms with van der Waals surface area (Å²) in [6.07, 6.45) is 1.10. The number of hydrogen-bond donors (Lipinski definition) is 7. The van der Waals surface area contributed by atoms with E-state index in [0.717, 1.165) is 43.3 Å². The predicted molar refractivity (Wildman–Crippen MR) is 170 cm³/mol. The van der Waals surface area contributed by atoms with E-state index in [-0.39, 0.29) is 35.2 Å². The van der Waals surface area contributed by atoms with Crippen LogP contribution in [-0.2, 0) is 9.47 Å². The van der Waals surface area contributed by atoms with Crippen molar-refractivity contribution in [1.29, 1.82) is 0 Å². The highest BCUT2D eigenvalue weighted by molar-refractivity contribution is 5.33. The van der Waals surface area contributed by atoms with Crippen LogP contribution in [0.1, 0.15) is 93.4 Å². The molecule has 5 rings (SSSR count). The van der Waals surface area contributed by atoms with Gasteiger partial charge in [-0.05, 0) is 87.4 Å². The molecule has 15 atom stereocenters. The van der Waals surface area contributed by atoms with E-state index in [9.17, 15) is 35.7 Å². The van der Waals surface area contributed by atoms with E-state index in [1.54, 1.807) is 0 Å². The summed E-state index contributed by atoms with van der Waals surface area (Å²) < 4.78 is 12.6. The van der Waals surface area contributed by atoms with E-state index in [2.05, 4.69) is 26.8 Å². The summed E-state index contributed by atoms with van der Waals surface area (Å²) in [5, 5.41) is 75.5. The molecule has 9 heteroatoms. The molecule has 0 aromatic carbocycles. The van der Waals surface area contributed by atoms with Crippen LogP contribution in [0.2, 0.25) is 0 Å². The van der Waals surface area contributed by atoms with Crippen molar-refractivity contribution in [3.8, 4) is 0 Å². The minimum absolute atomic E-state index is 0.0361. The second-order valence-electron chi connectivity index (χ2n) is 16.7. The third-order valence-electron chi connectivity index (χ3n) is 13.8. The fraction of sp³-hybridized carbons (Fsp3) is 0.889. The van der Waals surface area contributed by atoms with Crippen LogP contribution in [-0.4, -0.2) is 98.0 Å². The molecule has 15 unspecified atom stereocenters. The standard InChI is InChI=1S/C36H60O9/c1-19(2)14-21(39)15-20(3)22-10-11-35(7)31-25(44-32-30(43)29(42)28(41)26(17-37)45-32)16-24-23(8-9-27(40)33(24,4)5)36(31,18-38)13-12-34(22,35)6/h14,16,20-23,25-32,37-43H,8-13,15,17-18H2,1-7H3. The first kappa shape index (κ1) is 35.4. The largest absolute Gasteiger partial charge is 0.396 e. The Morgan fingerprint density at radius 1 is 0.956 bits per heavy atom. The number of ether oxygens (including phenoxy) is 2. The van der Waals surface area contributed by atoms with Crippen LogP contribution in [0, 0.1) is 45.3 Å². The molecule has 0 aromatic heterocycles. The lowest BCUT2D eigenvalue weighted by Gasteiger charge is -2.68. The number of rotatable bonds is 8. The quantitative estimate of drug-likeness (QED) is 0.199. The fourth-order valence-electron chi connectivity index (χ4n) is 11.2. The predicted octanol–water partition coefficient (Wildman–Crippen LogP) is 3.07. The zero-order valence-electron chi connectivity index (χ0n) is 28.4. The monoisotopic (exact) mass is 636 g/mol. The average Bonchev–Trinajstić information content (AvgIpc) is 3.25. The van der Waals surface area contributed by atoms with Gasteiger partial charge in [0.05, 0.1) is 24.9 Å². The fourth-order valence-corrected chi connectivity index (χ4v) is 11.2. The summed E-state index contributed by atoms with van der Waals surface area (Å²) >= 11 is 0. The summed E-state index contributed by atoms with van der Waals surface area (Å²) in [4.78, 5) is 0. The van der Waals surface area contributed by atoms with E-state index in [4.69, 9.17) is 9.47 Å². The Hall–Kier alpha value is -0.880. The Bertz CT molecular complexity index is 1130. The molecule has 0 radical (unpaired) electrons. The molecule has 0 aromatic rings. The molecule has 4 fully saturated rings. The highest BCUT2D eigenvalue weighted by Gasteiger charge is 2.71. The Kier molecular flexibility index (Phi) is 9.87. The maximum Gasteiger partial charge on any atom is 0.187 e. The molecule has 4 aliphatic carbocycles. The average molecular weight is 637 g/mol. The number of aliphatic hydroxyl groups excluding tert-OH is 7. The van der Waals surface area contributed by atoms with Crippen LogP contribution in [0.15, 0.2) is 23.3 Å². The first-order chi connectivity index (χ1) is 21.0. The first-order valence-electron chi connectivity index (χ1n) is 17.3. The topological polar surface area (TPSA) is 160 Å². The lowest BCUT2D eigenvalue weighted by Crippen LogP contribution is -2.66. The number of hydrogen-bond acceptors (Lipinski definition) is 9. The third kappa shape index (κ3) is 5.50. The van der Waals surface area contributed by atoms with Crippen LogP contribution in [0.25, 0.3) is 0 Å². The summed E-state index contributed by atoms with van der Waals surface area (Å²) in [6, 6.07) is 0. The molecule has 0 amide bonds. The van der Waals surface area contributed by atoms with Gasteiger partial charge in [0.15, 0.2) is 6.29 Å². The Labute approximate surface area is 269 Å². The van der Waals surface area contributed by atoms with Crippen LogP contribution in [0.5, 0.6) is 0 Å². The van der Waals surface area contributed by atoms with E-state index in [1.807, 2.05) is 33.8 Å². The van der Waals surface area contributed by atoms with Crippen LogP contribution < -0.4 is 0 Å². The molecule has 1 aliphatic heterocycles. The minimum atomic E-state index is -1.56. The van der Waals surface area contributed by atoms with Gasteiger partial charge in [0.2, 0.25) is 0 Å². The van der Waals surface area contributed by atoms with Crippen molar-refractivity contribution in [1.82, 2.24) is 0 Å². The lowest BCUT2D eigenvalue weighted by atomic mass is 9.38. The number of allylic oxidation sites excluding steroid dienone is 1. The molecule has 0 spiro atoms. The molecule has 0 bridgehead atoms. The van der Waals surface area contributed by atoms with Gasteiger partial charge in [0.25, 0.3) is 0 Å². The van der Waals surface area contributed by atoms with E-state index < -0.39 is 66.5 Å². The molecular formula is C36H60O9. The van der Waals surface area contributed by atoms with Crippen molar-refractivity contribution >= 4 is 0 Å². The normalized spacial score (nSPS) is 48.8. The summed E-state index contributed by atoms with van der Waals surface area (Å²) in [7, 11) is 0. The molecule has 45 heavy (non-hydrogen) atoms. The molecule has 1 saturated heterocycles. The highest BCUT2D eigenvalue weighted by Crippen LogP contribution is 2.75. The molecule has 9 nitrogen and oxygen atoms in total. The number of aliphatic hydroxyl groups is 7. The maximum absolute atomic E-state index is 11.5. The van der Waals surface area contributed by atoms with Gasteiger partial charge in [-0.15, -0.1) is 0 Å². The van der Waals surface area contributed by atoms with Crippen molar-refractivity contribution in [3.05, 3.63) is 23.3 Å². The molecule has 3 saturated carbocycles. The summed E-state index contributed by atoms with van der Waals surface area (Å²) in [5.74, 6) is 0.508. The van der Waals surface area contributed by atoms with E-state index >= 15 is 0 Å². The zero-order valence-corrected chi connectivity index (χ0v) is 28.4. The first-order valence-corrected chi connectivity index (χ1v) is 17.3. The molecule has 258 valence electrons. The Balaban J connectivity index is 1.59. The van der Waals surface area contributed by atoms with Gasteiger partial charge >= 0.3 is 0 Å². The SMILES string of the molecule is CC(C)=CC(O)CC(C)C1CCC2(C)C3C(OC4OC(CO)C(O)C(O)C4O)C=C4C(CCC(O)C4(C)C)C3(CO)CCC12C. The summed E-state index contributed by atoms with van der Waals surface area (Å²) in [5.41, 5.74) is 0.667. The minimum Gasteiger partial charge on any atom is -0.396 e. The lowest BCUT2D eigenvalue weighted by molar-refractivity contribution is -0.324. The van der Waals surface area contributed by atoms with E-state index in [1.165, 1.54) is 0 Å². The van der Waals surface area contributed by atoms with Crippen molar-refractivity contribution in [2.45, 2.75) is 142 Å². The maximum atomic E-state index is 11.5. The van der Waals surface area contributed by atoms with Crippen molar-refractivity contribution in [3.63, 3.8) is 0 Å². The van der Waals surface area contributed by atoms with Gasteiger partial charge in [-0.1, -0.05) is 57.9 Å². The third-order valence-corrected chi connectivity index (χ3v) is 13.8. The number of fused-ring (bicyclic) bond motifs is 5. The Morgan fingerprint density at radius 2 is 1.64 bits per heavy atom. The molecule has 7 N–H and O–H groups in total. The summed E-state index contributed by atoms with van der Waals surface area (Å²) in [6.45, 7) is 14.5. The second-order valence-corrected chi connectivity index (χ2v) is 16.7. The van der Waals surface area contributed by atoms with Crippen LogP contribution in [0.3, 0.4) is 0 Å². The Morgan fingerprint density at radius 3 is 2.27 bits per heavy atom. The van der Waals surface area contributed by atoms with Gasteiger partial charge in [0, 0.05) is 23.4 Å². The molecular weight excluding hydrogens is 576 g/mol. The molecule has 5 aliphatic rings. The second kappa shape index (κ2) is 12.5. The van der Waals surface area contributed by atoms with Gasteiger partial charge in [-0.3, -0.25) is 0 Å². The van der Waals surface area contributed by atoms with Gasteiger partial charge in [-0.25, -0.2) is 0 Å². The zero-order chi connectivity index (χ0) is 33.3. The van der Waals surface area contributed by atoms with E-state index in [0.29, 0.717) is 18.8 Å². The van der Waals surface area contributed by atoms with Crippen molar-refractivity contribution < 1.29 is 45.2 Å². The molecule has 1 heterocycles. The smallest absolute Gasteiger partial charge is 0.187 e. The van der Waals surface area contributed by atoms with Gasteiger partial charge in [0.1, 0.15) is 24.4 Å². The van der Waals surface area contributed by atoms with Crippen molar-refractivity contribution in [2.24, 2.45) is 45.3 Å². The van der Waals surface area contributed by atoms with Crippen LogP contribution >= 0.6 is 0 Å². The van der Waals surface area contributed by atoms with Crippen molar-refractivity contribution in [2.75, 3.05) is 13.2 Å². The highest BCUT2D eigenvalue weighted by atomic mass is 16.7.